The van der Waals surface area contributed by atoms with Crippen molar-refractivity contribution in [3.8, 4) is 17.0 Å². The van der Waals surface area contributed by atoms with Crippen LogP contribution in [0, 0.1) is 0 Å². The number of halogens is 5. The SMILES string of the molecule is O=C(Nc1nn[nH]n1)c1ccc(Cn2nc(-c3cc(Cl)cc(Cl)c3)cc2C2CCN(C(=O)c3ccc(OC(F)(F)F)cc3)CC2)cc1. The van der Waals surface area contributed by atoms with E-state index in [2.05, 4.69) is 30.7 Å². The molecule has 242 valence electrons. The Balaban J connectivity index is 1.19. The minimum Gasteiger partial charge on any atom is -0.406 e. The molecule has 1 aliphatic heterocycles. The van der Waals surface area contributed by atoms with E-state index >= 15 is 0 Å². The molecule has 1 saturated heterocycles. The molecule has 0 atom stereocenters. The summed E-state index contributed by atoms with van der Waals surface area (Å²) in [5.41, 5.74) is 3.97. The van der Waals surface area contributed by atoms with Crippen LogP contribution in [-0.4, -0.2) is 66.6 Å². The Labute approximate surface area is 275 Å². The number of carbonyl (C=O) groups excluding carboxylic acids is 2. The van der Waals surface area contributed by atoms with Crippen molar-refractivity contribution in [3.05, 3.63) is 105 Å². The summed E-state index contributed by atoms with van der Waals surface area (Å²) in [6.45, 7) is 1.29. The van der Waals surface area contributed by atoms with Gasteiger partial charge in [-0.3, -0.25) is 19.6 Å². The molecule has 16 heteroatoms. The van der Waals surface area contributed by atoms with Crippen molar-refractivity contribution < 1.29 is 27.5 Å². The van der Waals surface area contributed by atoms with Crippen LogP contribution in [0.3, 0.4) is 0 Å². The second-order valence-corrected chi connectivity index (χ2v) is 11.7. The molecule has 3 heterocycles. The second kappa shape index (κ2) is 13.4. The van der Waals surface area contributed by atoms with Gasteiger partial charge in [-0.25, -0.2) is 0 Å². The number of tetrazole rings is 1. The zero-order chi connectivity index (χ0) is 33.1. The summed E-state index contributed by atoms with van der Waals surface area (Å²) in [4.78, 5) is 27.4. The smallest absolute Gasteiger partial charge is 0.406 e. The average Bonchev–Trinajstić information content (AvgIpc) is 3.71. The van der Waals surface area contributed by atoms with Gasteiger partial charge in [-0.1, -0.05) is 40.4 Å². The lowest BCUT2D eigenvalue weighted by atomic mass is 9.92. The summed E-state index contributed by atoms with van der Waals surface area (Å²) >= 11 is 12.6. The van der Waals surface area contributed by atoms with Crippen LogP contribution >= 0.6 is 23.2 Å². The van der Waals surface area contributed by atoms with Gasteiger partial charge in [0.15, 0.2) is 0 Å². The molecule has 1 aliphatic rings. The van der Waals surface area contributed by atoms with Crippen LogP contribution in [0.15, 0.2) is 72.8 Å². The Kier molecular flexibility index (Phi) is 9.14. The van der Waals surface area contributed by atoms with E-state index in [9.17, 15) is 22.8 Å². The molecule has 11 nitrogen and oxygen atoms in total. The van der Waals surface area contributed by atoms with E-state index in [4.69, 9.17) is 28.3 Å². The predicted molar refractivity (Wildman–Crippen MR) is 166 cm³/mol. The van der Waals surface area contributed by atoms with E-state index in [-0.39, 0.29) is 35.0 Å². The van der Waals surface area contributed by atoms with Gasteiger partial charge in [-0.2, -0.15) is 10.3 Å². The summed E-state index contributed by atoms with van der Waals surface area (Å²) in [5, 5.41) is 21.5. The maximum Gasteiger partial charge on any atom is 0.573 e. The number of anilines is 1. The van der Waals surface area contributed by atoms with Gasteiger partial charge in [-0.05, 0) is 84.3 Å². The topological polar surface area (TPSA) is 131 Å². The molecule has 0 bridgehead atoms. The van der Waals surface area contributed by atoms with E-state index < -0.39 is 6.36 Å². The Hall–Kier alpha value is -4.95. The van der Waals surface area contributed by atoms with E-state index in [1.54, 1.807) is 35.2 Å². The number of aromatic amines is 1. The van der Waals surface area contributed by atoms with Gasteiger partial charge in [0.25, 0.3) is 17.8 Å². The molecule has 0 spiro atoms. The van der Waals surface area contributed by atoms with E-state index in [0.29, 0.717) is 53.8 Å². The highest BCUT2D eigenvalue weighted by molar-refractivity contribution is 6.35. The number of likely N-dealkylation sites (tertiary alicyclic amines) is 1. The first-order valence-corrected chi connectivity index (χ1v) is 15.1. The van der Waals surface area contributed by atoms with Crippen LogP contribution in [0.1, 0.15) is 50.7 Å². The summed E-state index contributed by atoms with van der Waals surface area (Å²) in [5.74, 6) is -0.926. The number of hydrogen-bond acceptors (Lipinski definition) is 7. The number of carbonyl (C=O) groups is 2. The van der Waals surface area contributed by atoms with Gasteiger partial charge in [0.05, 0.1) is 12.2 Å². The normalized spacial score (nSPS) is 13.9. The third-order valence-corrected chi connectivity index (χ3v) is 8.06. The Morgan fingerprint density at radius 1 is 0.936 bits per heavy atom. The fourth-order valence-corrected chi connectivity index (χ4v) is 5.94. The van der Waals surface area contributed by atoms with Gasteiger partial charge in [0.1, 0.15) is 5.75 Å². The van der Waals surface area contributed by atoms with E-state index in [1.165, 1.54) is 12.1 Å². The molecule has 0 aliphatic carbocycles. The monoisotopic (exact) mass is 684 g/mol. The molecule has 0 saturated carbocycles. The highest BCUT2D eigenvalue weighted by atomic mass is 35.5. The quantitative estimate of drug-likeness (QED) is 0.189. The standard InChI is InChI=1S/C31H25Cl2F3N8O3/c32-23-13-22(14-24(33)15-23)26-16-27(44(40-26)17-18-1-3-20(4-2-18)28(45)37-30-38-41-42-39-30)19-9-11-43(12-10-19)29(46)21-5-7-25(8-6-21)47-31(34,35)36/h1-8,13-16,19H,9-12,17H2,(H2,37,38,39,41,42,45). The number of hydrogen-bond donors (Lipinski definition) is 2. The van der Waals surface area contributed by atoms with Crippen LogP contribution in [0.5, 0.6) is 5.75 Å². The third kappa shape index (κ3) is 7.89. The summed E-state index contributed by atoms with van der Waals surface area (Å²) in [7, 11) is 0. The first-order chi connectivity index (χ1) is 22.5. The first kappa shape index (κ1) is 32.0. The molecule has 2 amide bonds. The van der Waals surface area contributed by atoms with Crippen LogP contribution < -0.4 is 10.1 Å². The van der Waals surface area contributed by atoms with Gasteiger partial charge in [-0.15, -0.1) is 18.3 Å². The van der Waals surface area contributed by atoms with Crippen LogP contribution in [0.25, 0.3) is 11.3 Å². The second-order valence-electron chi connectivity index (χ2n) is 10.8. The number of piperidine rings is 1. The number of alkyl halides is 3. The number of benzene rings is 3. The predicted octanol–water partition coefficient (Wildman–Crippen LogP) is 6.59. The summed E-state index contributed by atoms with van der Waals surface area (Å²) in [6.07, 6.45) is -3.54. The minimum absolute atomic E-state index is 0.0533. The van der Waals surface area contributed by atoms with Crippen molar-refractivity contribution in [2.75, 3.05) is 18.4 Å². The molecular formula is C31H25Cl2F3N8O3. The number of amides is 2. The fourth-order valence-electron chi connectivity index (χ4n) is 5.41. The van der Waals surface area contributed by atoms with Crippen molar-refractivity contribution >= 4 is 41.0 Å². The van der Waals surface area contributed by atoms with E-state index in [0.717, 1.165) is 29.0 Å². The van der Waals surface area contributed by atoms with Crippen molar-refractivity contribution in [2.24, 2.45) is 0 Å². The molecule has 0 radical (unpaired) electrons. The maximum absolute atomic E-state index is 13.1. The molecular weight excluding hydrogens is 660 g/mol. The number of aromatic nitrogens is 6. The average molecular weight is 685 g/mol. The highest BCUT2D eigenvalue weighted by Gasteiger charge is 2.31. The van der Waals surface area contributed by atoms with Crippen LogP contribution in [0.4, 0.5) is 19.1 Å². The zero-order valence-corrected chi connectivity index (χ0v) is 25.9. The van der Waals surface area contributed by atoms with Crippen molar-refractivity contribution in [2.45, 2.75) is 31.7 Å². The van der Waals surface area contributed by atoms with Gasteiger partial charge >= 0.3 is 6.36 Å². The number of nitrogens with zero attached hydrogens (tertiary/aromatic N) is 6. The van der Waals surface area contributed by atoms with Crippen molar-refractivity contribution in [1.82, 2.24) is 35.3 Å². The summed E-state index contributed by atoms with van der Waals surface area (Å²) in [6, 6.07) is 19.2. The molecule has 6 rings (SSSR count). The lowest BCUT2D eigenvalue weighted by Gasteiger charge is -2.32. The van der Waals surface area contributed by atoms with Crippen molar-refractivity contribution in [1.29, 1.82) is 0 Å². The number of rotatable bonds is 8. The molecule has 5 aromatic rings. The molecule has 2 aromatic heterocycles. The Morgan fingerprint density at radius 3 is 2.21 bits per heavy atom. The minimum atomic E-state index is -4.81. The highest BCUT2D eigenvalue weighted by Crippen LogP contribution is 2.34. The Morgan fingerprint density at radius 2 is 1.60 bits per heavy atom. The molecule has 2 N–H and O–H groups in total. The van der Waals surface area contributed by atoms with Gasteiger partial charge in [0.2, 0.25) is 0 Å². The van der Waals surface area contributed by atoms with Crippen LogP contribution in [0.2, 0.25) is 10.0 Å². The number of H-pyrrole nitrogens is 1. The molecule has 0 unspecified atom stereocenters. The van der Waals surface area contributed by atoms with E-state index in [1.807, 2.05) is 22.9 Å². The van der Waals surface area contributed by atoms with Gasteiger partial charge < -0.3 is 9.64 Å². The zero-order valence-electron chi connectivity index (χ0n) is 24.3. The first-order valence-electron chi connectivity index (χ1n) is 14.3. The fraction of sp³-hybridized carbons (Fsp3) is 0.226. The maximum atomic E-state index is 13.1. The van der Waals surface area contributed by atoms with Crippen molar-refractivity contribution in [3.63, 3.8) is 0 Å². The lowest BCUT2D eigenvalue weighted by Crippen LogP contribution is -2.38. The largest absolute Gasteiger partial charge is 0.573 e. The molecule has 47 heavy (non-hydrogen) atoms. The summed E-state index contributed by atoms with van der Waals surface area (Å²) < 4.78 is 43.4. The number of nitrogens with one attached hydrogen (secondary N) is 2. The molecule has 1 fully saturated rings. The van der Waals surface area contributed by atoms with Crippen LogP contribution in [-0.2, 0) is 6.54 Å². The Bertz CT molecular complexity index is 1850. The van der Waals surface area contributed by atoms with Gasteiger partial charge in [0, 0.05) is 51.4 Å². The molecule has 3 aromatic carbocycles. The third-order valence-electron chi connectivity index (χ3n) is 7.62. The lowest BCUT2D eigenvalue weighted by molar-refractivity contribution is -0.274. The number of ether oxygens (including phenoxy) is 1.